The minimum atomic E-state index is -0.663. The van der Waals surface area contributed by atoms with E-state index < -0.39 is 18.2 Å². The first kappa shape index (κ1) is 21.5. The van der Waals surface area contributed by atoms with E-state index in [1.165, 1.54) is 0 Å². The standard InChI is InChI=1S/C21H26N2O5/c1-5-25-20(24)17-13(4)28-19(23)16(12-22)18(17)14-8-10-15(11-9-14)21(26-6-2)27-7-3/h8-11,18,21H,5-7,23H2,1-4H3. The lowest BCUT2D eigenvalue weighted by atomic mass is 9.83. The van der Waals surface area contributed by atoms with Gasteiger partial charge in [-0.2, -0.15) is 5.26 Å². The van der Waals surface area contributed by atoms with E-state index in [0.29, 0.717) is 19.0 Å². The van der Waals surface area contributed by atoms with Crippen molar-refractivity contribution in [1.29, 1.82) is 5.26 Å². The molecule has 0 amide bonds. The molecule has 1 aliphatic rings. The first-order valence-electron chi connectivity index (χ1n) is 9.26. The number of hydrogen-bond donors (Lipinski definition) is 1. The van der Waals surface area contributed by atoms with Crippen LogP contribution in [-0.2, 0) is 23.7 Å². The van der Waals surface area contributed by atoms with Crippen LogP contribution in [0.5, 0.6) is 0 Å². The first-order valence-corrected chi connectivity index (χ1v) is 9.26. The number of allylic oxidation sites excluding steroid dienone is 2. The van der Waals surface area contributed by atoms with Crippen LogP contribution in [0, 0.1) is 11.3 Å². The molecule has 28 heavy (non-hydrogen) atoms. The van der Waals surface area contributed by atoms with Crippen molar-refractivity contribution in [1.82, 2.24) is 0 Å². The lowest BCUT2D eigenvalue weighted by Gasteiger charge is -2.27. The lowest BCUT2D eigenvalue weighted by Crippen LogP contribution is -2.25. The van der Waals surface area contributed by atoms with Gasteiger partial charge in [-0.3, -0.25) is 0 Å². The lowest BCUT2D eigenvalue weighted by molar-refractivity contribution is -0.140. The highest BCUT2D eigenvalue weighted by molar-refractivity contribution is 5.92. The molecule has 1 aromatic rings. The smallest absolute Gasteiger partial charge is 0.338 e. The van der Waals surface area contributed by atoms with Gasteiger partial charge in [0.15, 0.2) is 6.29 Å². The van der Waals surface area contributed by atoms with Crippen molar-refractivity contribution >= 4 is 5.97 Å². The van der Waals surface area contributed by atoms with Crippen LogP contribution in [0.25, 0.3) is 0 Å². The molecule has 0 radical (unpaired) electrons. The Morgan fingerprint density at radius 1 is 1.18 bits per heavy atom. The maximum atomic E-state index is 12.5. The second kappa shape index (κ2) is 9.93. The van der Waals surface area contributed by atoms with Crippen LogP contribution in [0.1, 0.15) is 51.0 Å². The van der Waals surface area contributed by atoms with Gasteiger partial charge in [-0.05, 0) is 33.3 Å². The number of nitriles is 1. The summed E-state index contributed by atoms with van der Waals surface area (Å²) in [7, 11) is 0. The van der Waals surface area contributed by atoms with Crippen molar-refractivity contribution in [3.63, 3.8) is 0 Å². The highest BCUT2D eigenvalue weighted by atomic mass is 16.7. The van der Waals surface area contributed by atoms with Crippen molar-refractivity contribution in [3.05, 3.63) is 58.2 Å². The molecular weight excluding hydrogens is 360 g/mol. The molecule has 0 saturated carbocycles. The number of benzene rings is 1. The molecule has 1 atom stereocenters. The Morgan fingerprint density at radius 3 is 2.29 bits per heavy atom. The molecule has 2 rings (SSSR count). The van der Waals surface area contributed by atoms with Gasteiger partial charge >= 0.3 is 5.97 Å². The minimum absolute atomic E-state index is 0.0105. The first-order chi connectivity index (χ1) is 13.5. The Morgan fingerprint density at radius 2 is 1.79 bits per heavy atom. The van der Waals surface area contributed by atoms with Crippen LogP contribution in [0.3, 0.4) is 0 Å². The van der Waals surface area contributed by atoms with E-state index in [9.17, 15) is 10.1 Å². The third-order valence-electron chi connectivity index (χ3n) is 4.28. The third-order valence-corrected chi connectivity index (χ3v) is 4.28. The molecule has 1 heterocycles. The number of esters is 1. The largest absolute Gasteiger partial charge is 0.463 e. The predicted molar refractivity (Wildman–Crippen MR) is 102 cm³/mol. The predicted octanol–water partition coefficient (Wildman–Crippen LogP) is 3.40. The summed E-state index contributed by atoms with van der Waals surface area (Å²) in [5, 5.41) is 9.61. The molecule has 7 nitrogen and oxygen atoms in total. The Balaban J connectivity index is 2.46. The zero-order valence-electron chi connectivity index (χ0n) is 16.7. The van der Waals surface area contributed by atoms with Gasteiger partial charge in [0, 0.05) is 18.8 Å². The zero-order valence-corrected chi connectivity index (χ0v) is 16.7. The monoisotopic (exact) mass is 386 g/mol. The number of carbonyl (C=O) groups is 1. The van der Waals surface area contributed by atoms with Crippen molar-refractivity contribution < 1.29 is 23.7 Å². The molecule has 2 N–H and O–H groups in total. The van der Waals surface area contributed by atoms with Crippen LogP contribution in [0.15, 0.2) is 47.1 Å². The summed E-state index contributed by atoms with van der Waals surface area (Å²) in [6.07, 6.45) is -0.475. The van der Waals surface area contributed by atoms with E-state index in [1.807, 2.05) is 38.1 Å². The summed E-state index contributed by atoms with van der Waals surface area (Å²) < 4.78 is 21.8. The van der Waals surface area contributed by atoms with Crippen LogP contribution in [0.2, 0.25) is 0 Å². The molecule has 0 saturated heterocycles. The van der Waals surface area contributed by atoms with Gasteiger partial charge in [0.05, 0.1) is 18.1 Å². The second-order valence-electron chi connectivity index (χ2n) is 6.02. The van der Waals surface area contributed by atoms with E-state index in [4.69, 9.17) is 24.7 Å². The third kappa shape index (κ3) is 4.53. The highest BCUT2D eigenvalue weighted by Crippen LogP contribution is 2.39. The Labute approximate surface area is 165 Å². The molecule has 7 heteroatoms. The number of nitrogens with two attached hydrogens (primary N) is 1. The molecule has 0 aromatic heterocycles. The summed E-state index contributed by atoms with van der Waals surface area (Å²) in [5.41, 5.74) is 7.92. The molecule has 1 aromatic carbocycles. The normalized spacial score (nSPS) is 16.8. The number of carbonyl (C=O) groups excluding carboxylic acids is 1. The van der Waals surface area contributed by atoms with Crippen LogP contribution in [0.4, 0.5) is 0 Å². The van der Waals surface area contributed by atoms with Gasteiger partial charge in [0.2, 0.25) is 5.88 Å². The van der Waals surface area contributed by atoms with Crippen molar-refractivity contribution in [2.45, 2.75) is 39.9 Å². The maximum absolute atomic E-state index is 12.5. The molecular formula is C21H26N2O5. The highest BCUT2D eigenvalue weighted by Gasteiger charge is 2.36. The van der Waals surface area contributed by atoms with Crippen LogP contribution < -0.4 is 5.73 Å². The SMILES string of the molecule is CCOC(=O)C1=C(C)OC(N)=C(C#N)C1c1ccc(C(OCC)OCC)cc1. The summed E-state index contributed by atoms with van der Waals surface area (Å²) in [6, 6.07) is 9.42. The number of ether oxygens (including phenoxy) is 4. The van der Waals surface area contributed by atoms with Crippen LogP contribution >= 0.6 is 0 Å². The number of hydrogen-bond acceptors (Lipinski definition) is 7. The van der Waals surface area contributed by atoms with Crippen molar-refractivity contribution in [3.8, 4) is 6.07 Å². The molecule has 0 aliphatic carbocycles. The van der Waals surface area contributed by atoms with Gasteiger partial charge in [0.25, 0.3) is 0 Å². The van der Waals surface area contributed by atoms with E-state index in [-0.39, 0.29) is 23.6 Å². The van der Waals surface area contributed by atoms with E-state index in [1.54, 1.807) is 13.8 Å². The Kier molecular flexibility index (Phi) is 7.61. The van der Waals surface area contributed by atoms with E-state index >= 15 is 0 Å². The summed E-state index contributed by atoms with van der Waals surface area (Å²) in [5.74, 6) is -0.880. The summed E-state index contributed by atoms with van der Waals surface area (Å²) in [6.45, 7) is 8.39. The van der Waals surface area contributed by atoms with Crippen molar-refractivity contribution in [2.24, 2.45) is 5.73 Å². The van der Waals surface area contributed by atoms with E-state index in [0.717, 1.165) is 11.1 Å². The maximum Gasteiger partial charge on any atom is 0.338 e. The fourth-order valence-electron chi connectivity index (χ4n) is 3.08. The second-order valence-corrected chi connectivity index (χ2v) is 6.02. The fourth-order valence-corrected chi connectivity index (χ4v) is 3.08. The van der Waals surface area contributed by atoms with Gasteiger partial charge in [-0.1, -0.05) is 24.3 Å². The Hall–Kier alpha value is -2.82. The van der Waals surface area contributed by atoms with Gasteiger partial charge in [-0.25, -0.2) is 4.79 Å². The summed E-state index contributed by atoms with van der Waals surface area (Å²) in [4.78, 5) is 12.5. The molecule has 0 fully saturated rings. The summed E-state index contributed by atoms with van der Waals surface area (Å²) >= 11 is 0. The molecule has 1 unspecified atom stereocenters. The number of nitrogens with zero attached hydrogens (tertiary/aromatic N) is 1. The number of rotatable bonds is 8. The fraction of sp³-hybridized carbons (Fsp3) is 0.429. The average molecular weight is 386 g/mol. The average Bonchev–Trinajstić information content (AvgIpc) is 2.67. The molecule has 0 spiro atoms. The van der Waals surface area contributed by atoms with E-state index in [2.05, 4.69) is 6.07 Å². The van der Waals surface area contributed by atoms with Gasteiger partial charge < -0.3 is 24.7 Å². The van der Waals surface area contributed by atoms with Gasteiger partial charge in [-0.15, -0.1) is 0 Å². The van der Waals surface area contributed by atoms with Crippen LogP contribution in [-0.4, -0.2) is 25.8 Å². The quantitative estimate of drug-likeness (QED) is 0.539. The molecule has 0 bridgehead atoms. The molecule has 1 aliphatic heterocycles. The van der Waals surface area contributed by atoms with Crippen molar-refractivity contribution in [2.75, 3.05) is 19.8 Å². The molecule has 150 valence electrons. The topological polar surface area (TPSA) is 104 Å². The zero-order chi connectivity index (χ0) is 20.7. The Bertz CT molecular complexity index is 799. The van der Waals surface area contributed by atoms with Gasteiger partial charge in [0.1, 0.15) is 17.4 Å². The minimum Gasteiger partial charge on any atom is -0.463 e.